The summed E-state index contributed by atoms with van der Waals surface area (Å²) in [6.45, 7) is 2.06. The standard InChI is InChI=1S/C6H7.I3.Zr/c1-6-4-2-3-5-6;1-3-2;/h2,4H,3H2,1H3;;/q2*-1;. The number of halogens is 3. The molecule has 0 fully saturated rings. The van der Waals surface area contributed by atoms with Gasteiger partial charge in [0.25, 0.3) is 0 Å². The molecule has 0 N–H and O–H groups in total. The molecule has 0 spiro atoms. The summed E-state index contributed by atoms with van der Waals surface area (Å²) < 4.78 is 0. The quantitative estimate of drug-likeness (QED) is 0.304. The van der Waals surface area contributed by atoms with Crippen molar-refractivity contribution in [2.24, 2.45) is 0 Å². The Morgan fingerprint density at radius 2 is 2.10 bits per heavy atom. The Morgan fingerprint density at radius 1 is 1.60 bits per heavy atom. The minimum absolute atomic E-state index is 0. The minimum atomic E-state index is 0. The molecule has 4 heteroatoms. The molecule has 0 saturated heterocycles. The van der Waals surface area contributed by atoms with Gasteiger partial charge in [0.2, 0.25) is 0 Å². The van der Waals surface area contributed by atoms with Crippen molar-refractivity contribution in [3.05, 3.63) is 23.8 Å². The van der Waals surface area contributed by atoms with Crippen LogP contribution in [-0.2, 0) is 26.2 Å². The zero-order valence-electron chi connectivity index (χ0n) is 5.50. The Bertz CT molecular complexity index is 117. The van der Waals surface area contributed by atoms with Crippen LogP contribution in [0.1, 0.15) is 13.3 Å². The Hall–Kier alpha value is 2.55. The van der Waals surface area contributed by atoms with Crippen LogP contribution < -0.4 is 13.3 Å². The maximum absolute atomic E-state index is 3.12. The van der Waals surface area contributed by atoms with Crippen LogP contribution in [0.2, 0.25) is 0 Å². The molecule has 1 rings (SSSR count). The van der Waals surface area contributed by atoms with Crippen LogP contribution in [0.15, 0.2) is 17.7 Å². The molecule has 0 amide bonds. The van der Waals surface area contributed by atoms with Crippen LogP contribution in [0.25, 0.3) is 0 Å². The van der Waals surface area contributed by atoms with Gasteiger partial charge in [-0.2, -0.15) is 6.08 Å². The van der Waals surface area contributed by atoms with Crippen LogP contribution in [0.4, 0.5) is 0 Å². The summed E-state index contributed by atoms with van der Waals surface area (Å²) in [5.74, 6) is 0. The minimum Gasteiger partial charge on any atom is 0 e. The monoisotopic (exact) mass is 550 g/mol. The van der Waals surface area contributed by atoms with Gasteiger partial charge in [-0.05, 0) is 0 Å². The molecule has 1 aliphatic rings. The maximum Gasteiger partial charge on any atom is 0 e. The van der Waals surface area contributed by atoms with E-state index in [0.29, 0.717) is 13.3 Å². The van der Waals surface area contributed by atoms with Crippen LogP contribution in [0, 0.1) is 6.08 Å². The van der Waals surface area contributed by atoms with Gasteiger partial charge in [-0.25, -0.2) is 11.6 Å². The Morgan fingerprint density at radius 3 is 2.20 bits per heavy atom. The fourth-order valence-corrected chi connectivity index (χ4v) is 0.515. The molecule has 1 aliphatic carbocycles. The first kappa shape index (κ1) is 15.0. The molecular formula is C6H7I3Zr-2. The molecule has 0 nitrogen and oxygen atoms in total. The Balaban J connectivity index is 0. The third kappa shape index (κ3) is 10.6. The molecule has 0 saturated carbocycles. The third-order valence-corrected chi connectivity index (χ3v) is 0.867. The first-order valence-corrected chi connectivity index (χ1v) is 15.0. The molecule has 0 aromatic carbocycles. The number of rotatable bonds is 0. The van der Waals surface area contributed by atoms with E-state index < -0.39 is 0 Å². The average Bonchev–Trinajstić information content (AvgIpc) is 2.20. The van der Waals surface area contributed by atoms with Crippen LogP contribution in [-0.4, -0.2) is 0 Å². The van der Waals surface area contributed by atoms with E-state index in [9.17, 15) is 0 Å². The van der Waals surface area contributed by atoms with Crippen LogP contribution >= 0.6 is 37.2 Å². The topological polar surface area (TPSA) is 0 Å². The van der Waals surface area contributed by atoms with Gasteiger partial charge in [-0.1, -0.05) is 6.92 Å². The van der Waals surface area contributed by atoms with Crippen LogP contribution in [0.3, 0.4) is 0 Å². The zero-order valence-corrected chi connectivity index (χ0v) is 14.4. The smallest absolute Gasteiger partial charge is 0 e. The fourth-order valence-electron chi connectivity index (χ4n) is 0.515. The molecule has 0 radical (unpaired) electrons. The molecule has 10 heavy (non-hydrogen) atoms. The van der Waals surface area contributed by atoms with E-state index in [1.807, 2.05) is 0 Å². The van der Waals surface area contributed by atoms with Gasteiger partial charge in [-0.3, -0.25) is 6.08 Å². The van der Waals surface area contributed by atoms with Gasteiger partial charge < -0.3 is 0 Å². The van der Waals surface area contributed by atoms with E-state index in [0.717, 1.165) is 6.42 Å². The summed E-state index contributed by atoms with van der Waals surface area (Å²) in [7, 11) is 0. The van der Waals surface area contributed by atoms with Crippen molar-refractivity contribution in [2.75, 3.05) is 0 Å². The Kier molecular flexibility index (Phi) is 17.4. The van der Waals surface area contributed by atoms with Crippen molar-refractivity contribution in [1.82, 2.24) is 0 Å². The summed E-state index contributed by atoms with van der Waals surface area (Å²) in [5.41, 5.74) is 1.27. The van der Waals surface area contributed by atoms with E-state index in [-0.39, 0.29) is 26.2 Å². The van der Waals surface area contributed by atoms with Crippen molar-refractivity contribution in [1.29, 1.82) is 0 Å². The molecule has 0 bridgehead atoms. The average molecular weight is 551 g/mol. The molecule has 0 aromatic heterocycles. The summed E-state index contributed by atoms with van der Waals surface area (Å²) in [6, 6.07) is 0. The van der Waals surface area contributed by atoms with E-state index in [1.54, 1.807) is 0 Å². The fraction of sp³-hybridized carbons (Fsp3) is 0.333. The normalized spacial score (nSPS) is 13.3. The second-order valence-electron chi connectivity index (χ2n) is 1.52. The molecular weight excluding hydrogens is 544 g/mol. The van der Waals surface area contributed by atoms with E-state index >= 15 is 0 Å². The Labute approximate surface area is 111 Å². The zero-order chi connectivity index (χ0) is 7.11. The summed E-state index contributed by atoms with van der Waals surface area (Å²) >= 11 is 5.30. The number of allylic oxidation sites excluding steroid dienone is 4. The molecule has 0 aliphatic heterocycles. The van der Waals surface area contributed by atoms with Crippen molar-refractivity contribution in [3.8, 4) is 0 Å². The molecule has 0 atom stereocenters. The predicted molar refractivity (Wildman–Crippen MR) is 54.2 cm³/mol. The van der Waals surface area contributed by atoms with E-state index in [4.69, 9.17) is 0 Å². The first-order chi connectivity index (χ1) is 4.31. The van der Waals surface area contributed by atoms with E-state index in [1.165, 1.54) is 5.57 Å². The molecule has 0 heterocycles. The van der Waals surface area contributed by atoms with Crippen molar-refractivity contribution < 1.29 is 39.5 Å². The van der Waals surface area contributed by atoms with Gasteiger partial charge >= 0.3 is 50.5 Å². The van der Waals surface area contributed by atoms with Gasteiger partial charge in [0.1, 0.15) is 0 Å². The SMILES string of the molecule is CC1=[C-]CC=C1.I[I-]I.[Zr]. The van der Waals surface area contributed by atoms with Gasteiger partial charge in [0.15, 0.2) is 0 Å². The number of hydrogen-bond donors (Lipinski definition) is 0. The van der Waals surface area contributed by atoms with Crippen molar-refractivity contribution >= 4 is 37.2 Å². The third-order valence-electron chi connectivity index (χ3n) is 0.867. The van der Waals surface area contributed by atoms with Crippen LogP contribution in [0.5, 0.6) is 0 Å². The van der Waals surface area contributed by atoms with Gasteiger partial charge in [-0.15, -0.1) is 6.42 Å². The summed E-state index contributed by atoms with van der Waals surface area (Å²) in [5, 5.41) is 0. The van der Waals surface area contributed by atoms with Gasteiger partial charge in [0.05, 0.1) is 0 Å². The predicted octanol–water partition coefficient (Wildman–Crippen LogP) is 0.469. The molecule has 0 aromatic rings. The van der Waals surface area contributed by atoms with Crippen molar-refractivity contribution in [2.45, 2.75) is 13.3 Å². The second kappa shape index (κ2) is 11.6. The maximum atomic E-state index is 3.12. The number of hydrogen-bond acceptors (Lipinski definition) is 0. The molecule has 0 unspecified atom stereocenters. The summed E-state index contributed by atoms with van der Waals surface area (Å²) in [6.07, 6.45) is 8.33. The molecule has 58 valence electrons. The second-order valence-corrected chi connectivity index (χ2v) is 17.8. The largest absolute Gasteiger partial charge is 0 e. The van der Waals surface area contributed by atoms with Crippen molar-refractivity contribution in [3.63, 3.8) is 0 Å². The van der Waals surface area contributed by atoms with Gasteiger partial charge in [0, 0.05) is 26.2 Å². The first-order valence-electron chi connectivity index (χ1n) is 2.42. The van der Waals surface area contributed by atoms with E-state index in [2.05, 4.69) is 62.4 Å². The summed E-state index contributed by atoms with van der Waals surface area (Å²) in [4.78, 5) is 0.